The van der Waals surface area contributed by atoms with E-state index in [0.717, 1.165) is 25.7 Å². The summed E-state index contributed by atoms with van der Waals surface area (Å²) in [7, 11) is -2.77. The number of ether oxygens (including phenoxy) is 2. The number of aliphatic hydroxyl groups excluding tert-OH is 2. The third-order valence-electron chi connectivity index (χ3n) is 7.36. The van der Waals surface area contributed by atoms with E-state index in [1.54, 1.807) is 42.5 Å². The number of aromatic nitrogens is 3. The normalized spacial score (nSPS) is 26.9. The quantitative estimate of drug-likeness (QED) is 0.142. The molecule has 0 radical (unpaired) electrons. The van der Waals surface area contributed by atoms with Crippen LogP contribution in [0.3, 0.4) is 0 Å². The minimum Gasteiger partial charge on any atom is -0.461 e. The lowest BCUT2D eigenvalue weighted by atomic mass is 9.92. The van der Waals surface area contributed by atoms with Crippen molar-refractivity contribution in [2.75, 3.05) is 19.4 Å². The average Bonchev–Trinajstić information content (AvgIpc) is 3.70. The van der Waals surface area contributed by atoms with Crippen molar-refractivity contribution in [3.63, 3.8) is 0 Å². The van der Waals surface area contributed by atoms with Gasteiger partial charge in [0.2, 0.25) is 0 Å². The van der Waals surface area contributed by atoms with Crippen molar-refractivity contribution < 1.29 is 38.1 Å². The molecule has 2 aromatic heterocycles. The van der Waals surface area contributed by atoms with E-state index >= 15 is 0 Å². The number of nitrogens with one attached hydrogen (secondary N) is 1. The molecule has 1 unspecified atom stereocenters. The van der Waals surface area contributed by atoms with Crippen LogP contribution >= 0.6 is 7.75 Å². The summed E-state index contributed by atoms with van der Waals surface area (Å²) < 4.78 is 38.6. The Bertz CT molecular complexity index is 1470. The van der Waals surface area contributed by atoms with Crippen molar-refractivity contribution in [2.24, 2.45) is 4.99 Å². The summed E-state index contributed by atoms with van der Waals surface area (Å²) in [5.41, 5.74) is 5.11. The van der Waals surface area contributed by atoms with E-state index in [4.69, 9.17) is 24.3 Å². The highest BCUT2D eigenvalue weighted by molar-refractivity contribution is 7.52. The van der Waals surface area contributed by atoms with E-state index in [9.17, 15) is 19.6 Å². The molecule has 1 aliphatic heterocycles. The molecule has 3 aromatic rings. The number of fused-ring (bicyclic) bond motifs is 1. The molecule has 6 atom stereocenters. The Morgan fingerprint density at radius 1 is 1.29 bits per heavy atom. The zero-order valence-electron chi connectivity index (χ0n) is 23.3. The Balaban J connectivity index is 1.37. The fourth-order valence-corrected chi connectivity index (χ4v) is 6.75. The van der Waals surface area contributed by atoms with E-state index in [1.165, 1.54) is 31.0 Å². The minimum atomic E-state index is -4.26. The van der Waals surface area contributed by atoms with Gasteiger partial charge in [-0.3, -0.25) is 14.3 Å². The first-order valence-corrected chi connectivity index (χ1v) is 15.2. The maximum atomic E-state index is 14.0. The molecule has 1 saturated carbocycles. The SMILES string of the molecule is CN=C[C@@]1(c2ccc3c(N)ncnn23)O[C@H](COP(=O)(N[C@@H](C)C(=O)OC2CCCC2)Oc2ccccc2)[C@@H](O)[C@H]1O. The molecule has 0 bridgehead atoms. The molecule has 1 saturated heterocycles. The molecule has 15 heteroatoms. The number of aliphatic hydroxyl groups is 2. The van der Waals surface area contributed by atoms with E-state index in [0.29, 0.717) is 11.2 Å². The fraction of sp³-hybridized carbons (Fsp3) is 0.481. The predicted octanol–water partition coefficient (Wildman–Crippen LogP) is 2.00. The second kappa shape index (κ2) is 12.5. The number of anilines is 1. The highest BCUT2D eigenvalue weighted by Gasteiger charge is 2.56. The molecule has 1 aromatic carbocycles. The first kappa shape index (κ1) is 30.1. The molecule has 14 nitrogen and oxygen atoms in total. The Hall–Kier alpha value is -3.39. The van der Waals surface area contributed by atoms with E-state index < -0.39 is 50.3 Å². The number of benzene rings is 1. The summed E-state index contributed by atoms with van der Waals surface area (Å²) in [5.74, 6) is -0.157. The van der Waals surface area contributed by atoms with Crippen molar-refractivity contribution >= 4 is 31.3 Å². The van der Waals surface area contributed by atoms with Crippen LogP contribution in [0.25, 0.3) is 5.52 Å². The largest absolute Gasteiger partial charge is 0.461 e. The van der Waals surface area contributed by atoms with E-state index in [1.807, 2.05) is 0 Å². The number of para-hydroxylation sites is 1. The standard InChI is InChI=1S/C27H35N6O8P/c1-17(26(36)39-18-8-6-7-9-18)32-42(37,41-19-10-4-3-5-11-19)38-14-21-23(34)24(35)27(40-21,15-29-2)22-13-12-20-25(28)30-16-31-33(20)22/h3-5,10-13,15-18,21,23-24,34-35H,6-9,14H2,1-2H3,(H,32,37)(H2,28,30,31)/t17-,21+,23+,24+,27-,42?/m0/s1. The van der Waals surface area contributed by atoms with Crippen molar-refractivity contribution in [3.05, 3.63) is 54.5 Å². The van der Waals surface area contributed by atoms with Gasteiger partial charge in [0.05, 0.1) is 12.3 Å². The molecule has 1 aliphatic carbocycles. The number of nitrogens with two attached hydrogens (primary N) is 1. The molecule has 5 rings (SSSR count). The number of nitrogens with zero attached hydrogens (tertiary/aromatic N) is 4. The monoisotopic (exact) mass is 602 g/mol. The molecular formula is C27H35N6O8P. The van der Waals surface area contributed by atoms with Crippen LogP contribution < -0.4 is 15.3 Å². The van der Waals surface area contributed by atoms with Crippen LogP contribution in [0.2, 0.25) is 0 Å². The van der Waals surface area contributed by atoms with Gasteiger partial charge >= 0.3 is 13.7 Å². The number of carbonyl (C=O) groups is 1. The molecule has 3 heterocycles. The van der Waals surface area contributed by atoms with Crippen molar-refractivity contribution in [2.45, 2.75) is 68.7 Å². The number of esters is 1. The van der Waals surface area contributed by atoms with Crippen LogP contribution in [0.5, 0.6) is 5.75 Å². The van der Waals surface area contributed by atoms with Gasteiger partial charge in [0.15, 0.2) is 11.4 Å². The smallest absolute Gasteiger partial charge is 0.459 e. The number of aliphatic imine (C=N–C) groups is 1. The van der Waals surface area contributed by atoms with Gasteiger partial charge in [-0.15, -0.1) is 0 Å². The number of hydrogen-bond acceptors (Lipinski definition) is 12. The minimum absolute atomic E-state index is 0.181. The first-order chi connectivity index (χ1) is 20.2. The Kier molecular flexibility index (Phi) is 8.92. The molecular weight excluding hydrogens is 567 g/mol. The number of hydrogen-bond donors (Lipinski definition) is 4. The van der Waals surface area contributed by atoms with Crippen LogP contribution in [-0.2, 0) is 29.0 Å². The number of rotatable bonds is 11. The summed E-state index contributed by atoms with van der Waals surface area (Å²) in [5, 5.41) is 29.2. The molecule has 226 valence electrons. The lowest BCUT2D eigenvalue weighted by molar-refractivity contribution is -0.150. The highest BCUT2D eigenvalue weighted by Crippen LogP contribution is 2.47. The molecule has 5 N–H and O–H groups in total. The first-order valence-electron chi connectivity index (χ1n) is 13.7. The lowest BCUT2D eigenvalue weighted by Gasteiger charge is -2.28. The summed E-state index contributed by atoms with van der Waals surface area (Å²) in [6, 6.07) is 10.5. The number of nitrogen functional groups attached to an aromatic ring is 1. The molecule has 2 fully saturated rings. The maximum absolute atomic E-state index is 14.0. The second-order valence-electron chi connectivity index (χ2n) is 10.3. The zero-order chi connectivity index (χ0) is 29.9. The van der Waals surface area contributed by atoms with E-state index in [-0.39, 0.29) is 17.7 Å². The Morgan fingerprint density at radius 2 is 2.02 bits per heavy atom. The molecule has 2 aliphatic rings. The fourth-order valence-electron chi connectivity index (χ4n) is 5.25. The summed E-state index contributed by atoms with van der Waals surface area (Å²) in [6.45, 7) is 1.01. The Morgan fingerprint density at radius 3 is 2.74 bits per heavy atom. The van der Waals surface area contributed by atoms with Crippen LogP contribution in [0.15, 0.2) is 53.8 Å². The van der Waals surface area contributed by atoms with Crippen LogP contribution in [0.4, 0.5) is 5.82 Å². The van der Waals surface area contributed by atoms with Gasteiger partial charge in [-0.05, 0) is 56.9 Å². The van der Waals surface area contributed by atoms with Crippen LogP contribution in [0.1, 0.15) is 38.3 Å². The summed E-state index contributed by atoms with van der Waals surface area (Å²) >= 11 is 0. The van der Waals surface area contributed by atoms with Gasteiger partial charge in [0.1, 0.15) is 48.1 Å². The molecule has 0 amide bonds. The van der Waals surface area contributed by atoms with Gasteiger partial charge in [0.25, 0.3) is 0 Å². The van der Waals surface area contributed by atoms with Crippen molar-refractivity contribution in [3.8, 4) is 5.75 Å². The predicted molar refractivity (Wildman–Crippen MR) is 152 cm³/mol. The maximum Gasteiger partial charge on any atom is 0.459 e. The summed E-state index contributed by atoms with van der Waals surface area (Å²) in [6.07, 6.45) is 1.74. The topological polar surface area (TPSA) is 192 Å². The van der Waals surface area contributed by atoms with Crippen LogP contribution in [-0.4, -0.2) is 81.1 Å². The molecule has 0 spiro atoms. The Labute approximate surface area is 242 Å². The highest BCUT2D eigenvalue weighted by atomic mass is 31.2. The van der Waals surface area contributed by atoms with Crippen molar-refractivity contribution in [1.29, 1.82) is 0 Å². The summed E-state index contributed by atoms with van der Waals surface area (Å²) in [4.78, 5) is 20.8. The van der Waals surface area contributed by atoms with Gasteiger partial charge in [-0.1, -0.05) is 18.2 Å². The zero-order valence-corrected chi connectivity index (χ0v) is 24.2. The van der Waals surface area contributed by atoms with Crippen LogP contribution in [0, 0.1) is 0 Å². The van der Waals surface area contributed by atoms with Gasteiger partial charge in [-0.25, -0.2) is 14.1 Å². The van der Waals surface area contributed by atoms with Gasteiger partial charge in [-0.2, -0.15) is 10.2 Å². The van der Waals surface area contributed by atoms with Gasteiger partial charge < -0.3 is 29.9 Å². The third kappa shape index (κ3) is 6.05. The molecule has 42 heavy (non-hydrogen) atoms. The second-order valence-corrected chi connectivity index (χ2v) is 12.0. The van der Waals surface area contributed by atoms with Gasteiger partial charge in [0, 0.05) is 13.3 Å². The average molecular weight is 603 g/mol. The lowest BCUT2D eigenvalue weighted by Crippen LogP contribution is -2.43. The van der Waals surface area contributed by atoms with Crippen molar-refractivity contribution in [1.82, 2.24) is 19.7 Å². The third-order valence-corrected chi connectivity index (χ3v) is 9.00. The van der Waals surface area contributed by atoms with E-state index in [2.05, 4.69) is 20.2 Å². The number of carbonyl (C=O) groups excluding carboxylic acids is 1.